The van der Waals surface area contributed by atoms with Crippen molar-refractivity contribution in [2.45, 2.75) is 19.0 Å². The Kier molecular flexibility index (Phi) is 2.18. The van der Waals surface area contributed by atoms with E-state index in [2.05, 4.69) is 0 Å². The molecule has 0 aliphatic carbocycles. The average molecular weight is 230 g/mol. The molecule has 2 heterocycles. The summed E-state index contributed by atoms with van der Waals surface area (Å²) in [7, 11) is 1.69. The van der Waals surface area contributed by atoms with Crippen molar-refractivity contribution in [1.82, 2.24) is 9.80 Å². The summed E-state index contributed by atoms with van der Waals surface area (Å²) in [4.78, 5) is 27.2. The first kappa shape index (κ1) is 10.3. The van der Waals surface area contributed by atoms with Gasteiger partial charge in [-0.15, -0.1) is 0 Å². The summed E-state index contributed by atoms with van der Waals surface area (Å²) in [6.45, 7) is 0.775. The molecule has 0 saturated carbocycles. The topological polar surface area (TPSA) is 40.6 Å². The summed E-state index contributed by atoms with van der Waals surface area (Å²) in [6, 6.07) is 7.73. The third kappa shape index (κ3) is 1.52. The van der Waals surface area contributed by atoms with Crippen LogP contribution in [0.2, 0.25) is 0 Å². The smallest absolute Gasteiger partial charge is 0.245 e. The molecule has 2 aliphatic rings. The van der Waals surface area contributed by atoms with E-state index in [1.54, 1.807) is 11.9 Å². The Morgan fingerprint density at radius 2 is 1.82 bits per heavy atom. The number of hydrogen-bond donors (Lipinski definition) is 0. The van der Waals surface area contributed by atoms with Gasteiger partial charge in [-0.25, -0.2) is 0 Å². The normalized spacial score (nSPS) is 23.5. The highest BCUT2D eigenvalue weighted by molar-refractivity contribution is 5.95. The number of nitrogens with zero attached hydrogens (tertiary/aromatic N) is 2. The second kappa shape index (κ2) is 3.58. The molecule has 88 valence electrons. The fourth-order valence-electron chi connectivity index (χ4n) is 2.63. The molecule has 3 rings (SSSR count). The van der Waals surface area contributed by atoms with Gasteiger partial charge in [0.15, 0.2) is 0 Å². The van der Waals surface area contributed by atoms with Crippen molar-refractivity contribution in [3.63, 3.8) is 0 Å². The lowest BCUT2D eigenvalue weighted by atomic mass is 9.92. The summed E-state index contributed by atoms with van der Waals surface area (Å²) in [5, 5.41) is 0. The van der Waals surface area contributed by atoms with Crippen LogP contribution in [0.15, 0.2) is 24.3 Å². The Morgan fingerprint density at radius 1 is 1.12 bits per heavy atom. The number of hydrogen-bond acceptors (Lipinski definition) is 2. The summed E-state index contributed by atoms with van der Waals surface area (Å²) >= 11 is 0. The Labute approximate surface area is 99.8 Å². The number of amides is 2. The zero-order chi connectivity index (χ0) is 12.0. The Balaban J connectivity index is 2.00. The zero-order valence-corrected chi connectivity index (χ0v) is 9.72. The van der Waals surface area contributed by atoms with E-state index >= 15 is 0 Å². The van der Waals surface area contributed by atoms with Gasteiger partial charge in [-0.3, -0.25) is 9.59 Å². The summed E-state index contributed by atoms with van der Waals surface area (Å²) < 4.78 is 0. The molecule has 1 atom stereocenters. The number of benzene rings is 1. The first-order valence-electron chi connectivity index (χ1n) is 5.78. The van der Waals surface area contributed by atoms with Crippen LogP contribution in [-0.2, 0) is 22.6 Å². The fourth-order valence-corrected chi connectivity index (χ4v) is 2.63. The van der Waals surface area contributed by atoms with Gasteiger partial charge in [0.2, 0.25) is 11.8 Å². The van der Waals surface area contributed by atoms with E-state index in [1.165, 1.54) is 10.5 Å². The molecule has 0 aromatic heterocycles. The van der Waals surface area contributed by atoms with Gasteiger partial charge in [0.1, 0.15) is 6.04 Å². The molecule has 0 N–H and O–H groups in total. The Morgan fingerprint density at radius 3 is 2.59 bits per heavy atom. The number of rotatable bonds is 0. The van der Waals surface area contributed by atoms with Gasteiger partial charge in [0, 0.05) is 20.0 Å². The number of carbonyl (C=O) groups is 2. The molecule has 1 fully saturated rings. The van der Waals surface area contributed by atoms with Gasteiger partial charge in [-0.2, -0.15) is 0 Å². The van der Waals surface area contributed by atoms with Crippen molar-refractivity contribution in [3.8, 4) is 0 Å². The van der Waals surface area contributed by atoms with Crippen LogP contribution < -0.4 is 0 Å². The number of piperazine rings is 1. The first-order valence-corrected chi connectivity index (χ1v) is 5.78. The highest BCUT2D eigenvalue weighted by Gasteiger charge is 2.40. The SMILES string of the molecule is CN1CC(=O)N2Cc3ccccc3CC2C1=O. The molecular weight excluding hydrogens is 216 g/mol. The average Bonchev–Trinajstić information content (AvgIpc) is 2.34. The lowest BCUT2D eigenvalue weighted by Gasteiger charge is -2.42. The Bertz CT molecular complexity index is 498. The summed E-state index contributed by atoms with van der Waals surface area (Å²) in [6.07, 6.45) is 0.644. The quantitative estimate of drug-likeness (QED) is 0.648. The maximum absolute atomic E-state index is 12.0. The molecule has 0 spiro atoms. The lowest BCUT2D eigenvalue weighted by Crippen LogP contribution is -2.60. The van der Waals surface area contributed by atoms with Crippen molar-refractivity contribution in [3.05, 3.63) is 35.4 Å². The molecule has 1 unspecified atom stereocenters. The van der Waals surface area contributed by atoms with Crippen molar-refractivity contribution in [2.24, 2.45) is 0 Å². The second-order valence-corrected chi connectivity index (χ2v) is 4.70. The van der Waals surface area contributed by atoms with E-state index in [-0.39, 0.29) is 24.4 Å². The minimum absolute atomic E-state index is 0.0478. The van der Waals surface area contributed by atoms with Crippen LogP contribution in [0.3, 0.4) is 0 Å². The van der Waals surface area contributed by atoms with Gasteiger partial charge in [0.25, 0.3) is 0 Å². The summed E-state index contributed by atoms with van der Waals surface area (Å²) in [5.41, 5.74) is 2.35. The van der Waals surface area contributed by atoms with E-state index in [9.17, 15) is 9.59 Å². The number of likely N-dealkylation sites (N-methyl/N-ethyl adjacent to an activating group) is 1. The number of carbonyl (C=O) groups excluding carboxylic acids is 2. The zero-order valence-electron chi connectivity index (χ0n) is 9.72. The predicted molar refractivity (Wildman–Crippen MR) is 62.1 cm³/mol. The van der Waals surface area contributed by atoms with Crippen molar-refractivity contribution < 1.29 is 9.59 Å². The van der Waals surface area contributed by atoms with E-state index < -0.39 is 0 Å². The molecule has 2 amide bonds. The minimum atomic E-state index is -0.295. The molecule has 4 nitrogen and oxygen atoms in total. The highest BCUT2D eigenvalue weighted by Crippen LogP contribution is 2.26. The van der Waals surface area contributed by atoms with Gasteiger partial charge in [0.05, 0.1) is 6.54 Å². The minimum Gasteiger partial charge on any atom is -0.335 e. The molecule has 17 heavy (non-hydrogen) atoms. The van der Waals surface area contributed by atoms with Crippen molar-refractivity contribution in [2.75, 3.05) is 13.6 Å². The van der Waals surface area contributed by atoms with E-state index in [0.29, 0.717) is 13.0 Å². The van der Waals surface area contributed by atoms with Crippen molar-refractivity contribution >= 4 is 11.8 Å². The summed E-state index contributed by atoms with van der Waals surface area (Å²) in [5.74, 6) is 0.103. The van der Waals surface area contributed by atoms with Crippen LogP contribution in [0.25, 0.3) is 0 Å². The molecule has 1 saturated heterocycles. The monoisotopic (exact) mass is 230 g/mol. The molecule has 0 bridgehead atoms. The predicted octanol–water partition coefficient (Wildman–Crippen LogP) is 0.412. The van der Waals surface area contributed by atoms with Gasteiger partial charge in [-0.1, -0.05) is 24.3 Å². The second-order valence-electron chi connectivity index (χ2n) is 4.70. The molecular formula is C13H14N2O2. The van der Waals surface area contributed by atoms with E-state index in [4.69, 9.17) is 0 Å². The first-order chi connectivity index (χ1) is 8.16. The van der Waals surface area contributed by atoms with Crippen LogP contribution in [0.1, 0.15) is 11.1 Å². The molecule has 2 aliphatic heterocycles. The molecule has 0 radical (unpaired) electrons. The van der Waals surface area contributed by atoms with Crippen LogP contribution in [0, 0.1) is 0 Å². The molecule has 4 heteroatoms. The Hall–Kier alpha value is -1.84. The van der Waals surface area contributed by atoms with E-state index in [1.807, 2.05) is 24.3 Å². The van der Waals surface area contributed by atoms with E-state index in [0.717, 1.165) is 5.56 Å². The maximum atomic E-state index is 12.0. The van der Waals surface area contributed by atoms with Crippen LogP contribution in [-0.4, -0.2) is 41.2 Å². The maximum Gasteiger partial charge on any atom is 0.245 e. The third-order valence-electron chi connectivity index (χ3n) is 3.60. The van der Waals surface area contributed by atoms with Gasteiger partial charge in [-0.05, 0) is 11.1 Å². The van der Waals surface area contributed by atoms with Crippen LogP contribution >= 0.6 is 0 Å². The molecule has 1 aromatic carbocycles. The standard InChI is InChI=1S/C13H14N2O2/c1-14-8-12(16)15-7-10-5-3-2-4-9(10)6-11(15)13(14)17/h2-5,11H,6-8H2,1H3. The van der Waals surface area contributed by atoms with Gasteiger partial charge >= 0.3 is 0 Å². The highest BCUT2D eigenvalue weighted by atomic mass is 16.2. The van der Waals surface area contributed by atoms with Crippen LogP contribution in [0.4, 0.5) is 0 Å². The lowest BCUT2D eigenvalue weighted by molar-refractivity contribution is -0.155. The molecule has 1 aromatic rings. The van der Waals surface area contributed by atoms with Crippen molar-refractivity contribution in [1.29, 1.82) is 0 Å². The largest absolute Gasteiger partial charge is 0.335 e. The number of fused-ring (bicyclic) bond motifs is 2. The fraction of sp³-hybridized carbons (Fsp3) is 0.385. The van der Waals surface area contributed by atoms with Crippen LogP contribution in [0.5, 0.6) is 0 Å². The van der Waals surface area contributed by atoms with Gasteiger partial charge < -0.3 is 9.80 Å². The third-order valence-corrected chi connectivity index (χ3v) is 3.60.